The van der Waals surface area contributed by atoms with Crippen molar-refractivity contribution in [2.45, 2.75) is 26.5 Å². The average molecular weight is 366 g/mol. The molecule has 0 saturated carbocycles. The van der Waals surface area contributed by atoms with Crippen molar-refractivity contribution >= 4 is 11.6 Å². The van der Waals surface area contributed by atoms with E-state index in [0.29, 0.717) is 0 Å². The standard InChI is InChI=1S/C19H21F3N2O2/c1-12(2)18(13-7-9-14(20)10-8-13)23-11-17(25)24-15-5-3-4-6-16(15)26-19(21)22/h3-10,12,18-19,23H,11H2,1-2H3,(H,24,25)/t18-/m1/s1. The summed E-state index contributed by atoms with van der Waals surface area (Å²) in [4.78, 5) is 12.2. The van der Waals surface area contributed by atoms with Gasteiger partial charge in [-0.25, -0.2) is 4.39 Å². The van der Waals surface area contributed by atoms with Crippen LogP contribution in [0.1, 0.15) is 25.5 Å². The third-order valence-electron chi connectivity index (χ3n) is 3.76. The van der Waals surface area contributed by atoms with Crippen LogP contribution in [0.2, 0.25) is 0 Å². The van der Waals surface area contributed by atoms with Gasteiger partial charge in [-0.15, -0.1) is 0 Å². The maximum Gasteiger partial charge on any atom is 0.387 e. The minimum absolute atomic E-state index is 0.0385. The first kappa shape index (κ1) is 19.8. The van der Waals surface area contributed by atoms with E-state index in [1.807, 2.05) is 13.8 Å². The number of hydrogen-bond acceptors (Lipinski definition) is 3. The number of carbonyl (C=O) groups is 1. The second-order valence-corrected chi connectivity index (χ2v) is 6.08. The van der Waals surface area contributed by atoms with E-state index >= 15 is 0 Å². The van der Waals surface area contributed by atoms with Crippen LogP contribution in [0.3, 0.4) is 0 Å². The van der Waals surface area contributed by atoms with Crippen LogP contribution in [0.25, 0.3) is 0 Å². The van der Waals surface area contributed by atoms with Crippen molar-refractivity contribution < 1.29 is 22.7 Å². The Kier molecular flexibility index (Phi) is 7.03. The average Bonchev–Trinajstić information content (AvgIpc) is 2.57. The van der Waals surface area contributed by atoms with Gasteiger partial charge in [0, 0.05) is 6.04 Å². The van der Waals surface area contributed by atoms with Gasteiger partial charge in [0.05, 0.1) is 12.2 Å². The Hall–Kier alpha value is -2.54. The zero-order valence-corrected chi connectivity index (χ0v) is 14.5. The molecule has 2 N–H and O–H groups in total. The van der Waals surface area contributed by atoms with Crippen molar-refractivity contribution in [3.63, 3.8) is 0 Å². The van der Waals surface area contributed by atoms with Crippen LogP contribution in [0, 0.1) is 11.7 Å². The van der Waals surface area contributed by atoms with Crippen molar-refractivity contribution in [2.24, 2.45) is 5.92 Å². The summed E-state index contributed by atoms with van der Waals surface area (Å²) in [6.07, 6.45) is 0. The highest BCUT2D eigenvalue weighted by molar-refractivity contribution is 5.93. The zero-order valence-electron chi connectivity index (χ0n) is 14.5. The number of amides is 1. The molecule has 0 aromatic heterocycles. The zero-order chi connectivity index (χ0) is 19.1. The van der Waals surface area contributed by atoms with Crippen LogP contribution in [0.5, 0.6) is 5.75 Å². The first-order valence-corrected chi connectivity index (χ1v) is 8.19. The molecule has 0 heterocycles. The third kappa shape index (κ3) is 5.77. The fourth-order valence-corrected chi connectivity index (χ4v) is 2.57. The van der Waals surface area contributed by atoms with Gasteiger partial charge < -0.3 is 15.4 Å². The van der Waals surface area contributed by atoms with E-state index in [-0.39, 0.29) is 35.8 Å². The Morgan fingerprint density at radius 1 is 1.08 bits per heavy atom. The third-order valence-corrected chi connectivity index (χ3v) is 3.76. The van der Waals surface area contributed by atoms with Crippen molar-refractivity contribution in [1.29, 1.82) is 0 Å². The second kappa shape index (κ2) is 9.24. The lowest BCUT2D eigenvalue weighted by Crippen LogP contribution is -2.33. The number of alkyl halides is 2. The summed E-state index contributed by atoms with van der Waals surface area (Å²) in [7, 11) is 0. The van der Waals surface area contributed by atoms with E-state index in [0.717, 1.165) is 5.56 Å². The Balaban J connectivity index is 2.00. The van der Waals surface area contributed by atoms with Crippen molar-refractivity contribution in [3.8, 4) is 5.75 Å². The van der Waals surface area contributed by atoms with Crippen molar-refractivity contribution in [3.05, 3.63) is 59.9 Å². The molecule has 0 spiro atoms. The molecule has 0 aliphatic heterocycles. The summed E-state index contributed by atoms with van der Waals surface area (Å²) in [6, 6.07) is 11.9. The number of benzene rings is 2. The molecule has 0 saturated heterocycles. The predicted octanol–water partition coefficient (Wildman–Crippen LogP) is 4.35. The molecule has 0 fully saturated rings. The number of ether oxygens (including phenoxy) is 1. The molecule has 26 heavy (non-hydrogen) atoms. The van der Waals surface area contributed by atoms with Crippen LogP contribution in [-0.2, 0) is 4.79 Å². The minimum atomic E-state index is -2.98. The van der Waals surface area contributed by atoms with Crippen molar-refractivity contribution in [2.75, 3.05) is 11.9 Å². The van der Waals surface area contributed by atoms with E-state index in [1.165, 1.54) is 30.3 Å². The van der Waals surface area contributed by atoms with E-state index in [1.54, 1.807) is 18.2 Å². The normalized spacial score (nSPS) is 12.3. The largest absolute Gasteiger partial charge is 0.433 e. The highest BCUT2D eigenvalue weighted by Gasteiger charge is 2.17. The van der Waals surface area contributed by atoms with Gasteiger partial charge in [-0.1, -0.05) is 38.1 Å². The molecule has 2 rings (SSSR count). The van der Waals surface area contributed by atoms with Gasteiger partial charge in [0.1, 0.15) is 11.6 Å². The number of halogens is 3. The fraction of sp³-hybridized carbons (Fsp3) is 0.316. The van der Waals surface area contributed by atoms with Gasteiger partial charge in [-0.3, -0.25) is 4.79 Å². The summed E-state index contributed by atoms with van der Waals surface area (Å²) >= 11 is 0. The smallest absolute Gasteiger partial charge is 0.387 e. The Bertz CT molecular complexity index is 721. The second-order valence-electron chi connectivity index (χ2n) is 6.08. The summed E-state index contributed by atoms with van der Waals surface area (Å²) in [5.74, 6) is -0.676. The first-order chi connectivity index (χ1) is 12.4. The Morgan fingerprint density at radius 3 is 2.35 bits per heavy atom. The molecular weight excluding hydrogens is 345 g/mol. The van der Waals surface area contributed by atoms with Gasteiger partial charge >= 0.3 is 6.61 Å². The van der Waals surface area contributed by atoms with E-state index in [2.05, 4.69) is 15.4 Å². The molecule has 0 bridgehead atoms. The van der Waals surface area contributed by atoms with Gasteiger partial charge in [-0.2, -0.15) is 8.78 Å². The predicted molar refractivity (Wildman–Crippen MR) is 93.7 cm³/mol. The van der Waals surface area contributed by atoms with Crippen LogP contribution < -0.4 is 15.4 Å². The quantitative estimate of drug-likeness (QED) is 0.730. The lowest BCUT2D eigenvalue weighted by Gasteiger charge is -2.23. The van der Waals surface area contributed by atoms with E-state index < -0.39 is 12.5 Å². The van der Waals surface area contributed by atoms with Gasteiger partial charge in [0.15, 0.2) is 0 Å². The maximum absolute atomic E-state index is 13.1. The number of para-hydroxylation sites is 2. The summed E-state index contributed by atoms with van der Waals surface area (Å²) in [5.41, 5.74) is 1.03. The number of rotatable bonds is 8. The summed E-state index contributed by atoms with van der Waals surface area (Å²) in [5, 5.41) is 5.66. The highest BCUT2D eigenvalue weighted by atomic mass is 19.3. The molecule has 0 aliphatic rings. The molecule has 0 unspecified atom stereocenters. The van der Waals surface area contributed by atoms with Crippen molar-refractivity contribution in [1.82, 2.24) is 5.32 Å². The van der Waals surface area contributed by atoms with Gasteiger partial charge in [0.25, 0.3) is 0 Å². The van der Waals surface area contributed by atoms with E-state index in [9.17, 15) is 18.0 Å². The molecule has 1 atom stereocenters. The lowest BCUT2D eigenvalue weighted by molar-refractivity contribution is -0.115. The topological polar surface area (TPSA) is 50.4 Å². The molecule has 140 valence electrons. The molecule has 2 aromatic rings. The lowest BCUT2D eigenvalue weighted by atomic mass is 9.96. The molecule has 0 aliphatic carbocycles. The molecule has 4 nitrogen and oxygen atoms in total. The van der Waals surface area contributed by atoms with Gasteiger partial charge in [-0.05, 0) is 35.7 Å². The summed E-state index contributed by atoms with van der Waals surface area (Å²) < 4.78 is 42.3. The molecule has 2 aromatic carbocycles. The van der Waals surface area contributed by atoms with E-state index in [4.69, 9.17) is 0 Å². The fourth-order valence-electron chi connectivity index (χ4n) is 2.57. The number of carbonyl (C=O) groups excluding carboxylic acids is 1. The maximum atomic E-state index is 13.1. The molecular formula is C19H21F3N2O2. The van der Waals surface area contributed by atoms with Crippen LogP contribution in [0.4, 0.5) is 18.9 Å². The first-order valence-electron chi connectivity index (χ1n) is 8.19. The highest BCUT2D eigenvalue weighted by Crippen LogP contribution is 2.25. The summed E-state index contributed by atoms with van der Waals surface area (Å²) in [6.45, 7) is 0.938. The van der Waals surface area contributed by atoms with Crippen LogP contribution >= 0.6 is 0 Å². The number of anilines is 1. The van der Waals surface area contributed by atoms with Crippen LogP contribution in [0.15, 0.2) is 48.5 Å². The number of hydrogen-bond donors (Lipinski definition) is 2. The molecule has 1 amide bonds. The minimum Gasteiger partial charge on any atom is -0.433 e. The Labute approximate surface area is 150 Å². The van der Waals surface area contributed by atoms with Gasteiger partial charge in [0.2, 0.25) is 5.91 Å². The molecule has 0 radical (unpaired) electrons. The SMILES string of the molecule is CC(C)[C@@H](NCC(=O)Nc1ccccc1OC(F)F)c1ccc(F)cc1. The number of nitrogens with one attached hydrogen (secondary N) is 2. The molecule has 7 heteroatoms. The monoisotopic (exact) mass is 366 g/mol. The van der Waals surface area contributed by atoms with Crippen LogP contribution in [-0.4, -0.2) is 19.1 Å². The Morgan fingerprint density at radius 2 is 1.73 bits per heavy atom.